The number of hydrogen-bond acceptors (Lipinski definition) is 4. The van der Waals surface area contributed by atoms with E-state index in [1.807, 2.05) is 6.92 Å². The third kappa shape index (κ3) is 4.05. The van der Waals surface area contributed by atoms with E-state index in [9.17, 15) is 18.4 Å². The van der Waals surface area contributed by atoms with Crippen LogP contribution < -0.4 is 21.6 Å². The summed E-state index contributed by atoms with van der Waals surface area (Å²) in [6.07, 6.45) is 0.793. The van der Waals surface area contributed by atoms with Crippen molar-refractivity contribution in [1.29, 1.82) is 0 Å². The lowest BCUT2D eigenvalue weighted by atomic mass is 10.2. The maximum Gasteiger partial charge on any atom is 0.362 e. The van der Waals surface area contributed by atoms with E-state index in [1.54, 1.807) is 24.3 Å². The number of rotatable bonds is 5. The topological polar surface area (TPSA) is 83.4 Å². The van der Waals surface area contributed by atoms with Gasteiger partial charge >= 0.3 is 11.7 Å². The highest BCUT2D eigenvalue weighted by Gasteiger charge is 2.17. The summed E-state index contributed by atoms with van der Waals surface area (Å²) in [6.45, 7) is 2.52. The predicted octanol–water partition coefficient (Wildman–Crippen LogP) is 4.54. The van der Waals surface area contributed by atoms with Gasteiger partial charge < -0.3 is 15.1 Å². The number of nitrogens with one attached hydrogen (secondary N) is 3. The molecule has 0 bridgehead atoms. The second kappa shape index (κ2) is 7.86. The van der Waals surface area contributed by atoms with Crippen molar-refractivity contribution in [2.75, 3.05) is 22.5 Å². The van der Waals surface area contributed by atoms with E-state index >= 15 is 0 Å². The molecule has 3 rings (SSSR count). The van der Waals surface area contributed by atoms with Gasteiger partial charge in [0, 0.05) is 18.0 Å². The number of halogens is 2. The lowest BCUT2D eigenvalue weighted by Crippen LogP contribution is -2.25. The fourth-order valence-corrected chi connectivity index (χ4v) is 2.55. The third-order valence-electron chi connectivity index (χ3n) is 3.78. The lowest BCUT2D eigenvalue weighted by Gasteiger charge is -2.14. The summed E-state index contributed by atoms with van der Waals surface area (Å²) in [4.78, 5) is 24.6. The summed E-state index contributed by atoms with van der Waals surface area (Å²) in [7, 11) is 0. The van der Waals surface area contributed by atoms with Gasteiger partial charge in [-0.15, -0.1) is 0 Å². The van der Waals surface area contributed by atoms with Crippen LogP contribution in [0.5, 0.6) is 0 Å². The molecule has 2 amide bonds. The Kier molecular flexibility index (Phi) is 5.35. The predicted molar refractivity (Wildman–Crippen MR) is 100 cm³/mol. The van der Waals surface area contributed by atoms with Gasteiger partial charge in [0.25, 0.3) is 0 Å². The Morgan fingerprint density at radius 2 is 1.85 bits per heavy atom. The van der Waals surface area contributed by atoms with Gasteiger partial charge in [0.05, 0.1) is 11.4 Å². The van der Waals surface area contributed by atoms with Crippen molar-refractivity contribution in [3.05, 3.63) is 64.5 Å². The molecule has 0 unspecified atom stereocenters. The molecule has 0 atom stereocenters. The maximum atomic E-state index is 13.7. The Labute approximate surface area is 153 Å². The Morgan fingerprint density at radius 1 is 1.07 bits per heavy atom. The first-order valence-electron chi connectivity index (χ1n) is 8.32. The number of fused-ring (bicyclic) bond motifs is 1. The molecule has 0 aliphatic heterocycles. The van der Waals surface area contributed by atoms with Gasteiger partial charge in [-0.1, -0.05) is 19.1 Å². The Balaban J connectivity index is 1.94. The highest BCUT2D eigenvalue weighted by Crippen LogP contribution is 2.28. The zero-order chi connectivity index (χ0) is 19.4. The summed E-state index contributed by atoms with van der Waals surface area (Å²) in [5, 5.41) is 8.36. The monoisotopic (exact) mass is 373 g/mol. The number of amides is 2. The first-order valence-corrected chi connectivity index (χ1v) is 8.32. The van der Waals surface area contributed by atoms with Crippen molar-refractivity contribution in [2.24, 2.45) is 0 Å². The van der Waals surface area contributed by atoms with Gasteiger partial charge in [-0.3, -0.25) is 5.32 Å². The zero-order valence-electron chi connectivity index (χ0n) is 14.4. The van der Waals surface area contributed by atoms with Crippen molar-refractivity contribution in [3.8, 4) is 0 Å². The smallest absolute Gasteiger partial charge is 0.362 e. The lowest BCUT2D eigenvalue weighted by molar-refractivity contribution is 0.262. The molecule has 140 valence electrons. The van der Waals surface area contributed by atoms with E-state index in [0.29, 0.717) is 29.3 Å². The van der Waals surface area contributed by atoms with Crippen molar-refractivity contribution < 1.29 is 18.0 Å². The highest BCUT2D eigenvalue weighted by atomic mass is 19.1. The number of hydrogen-bond donors (Lipinski definition) is 3. The molecule has 27 heavy (non-hydrogen) atoms. The maximum absolute atomic E-state index is 13.7. The van der Waals surface area contributed by atoms with Crippen molar-refractivity contribution in [2.45, 2.75) is 13.3 Å². The minimum absolute atomic E-state index is 0.0952. The van der Waals surface area contributed by atoms with E-state index in [2.05, 4.69) is 16.0 Å². The summed E-state index contributed by atoms with van der Waals surface area (Å²) >= 11 is 0. The standard InChI is InChI=1S/C19H17F2N3O3/c1-2-9-22-16-12-5-3-4-6-15(12)27-18(25)17(16)24-19(26)23-14-8-7-11(20)10-13(14)21/h3-8,10,22H,2,9H2,1H3,(H2,23,24,26). The molecule has 2 aromatic carbocycles. The normalized spacial score (nSPS) is 10.6. The summed E-state index contributed by atoms with van der Waals surface area (Å²) < 4.78 is 31.9. The van der Waals surface area contributed by atoms with E-state index in [-0.39, 0.29) is 11.4 Å². The average molecular weight is 373 g/mol. The third-order valence-corrected chi connectivity index (χ3v) is 3.78. The molecule has 6 nitrogen and oxygen atoms in total. The number of anilines is 3. The summed E-state index contributed by atoms with van der Waals surface area (Å²) in [5.74, 6) is -1.69. The van der Waals surface area contributed by atoms with Gasteiger partial charge in [0.15, 0.2) is 5.69 Å². The van der Waals surface area contributed by atoms with Crippen LogP contribution >= 0.6 is 0 Å². The van der Waals surface area contributed by atoms with Gasteiger partial charge in [-0.25, -0.2) is 18.4 Å². The largest absolute Gasteiger partial charge is 0.421 e. The second-order valence-electron chi connectivity index (χ2n) is 5.77. The molecule has 0 saturated carbocycles. The number of carbonyl (C=O) groups is 1. The first kappa shape index (κ1) is 18.4. The van der Waals surface area contributed by atoms with Crippen molar-refractivity contribution in [1.82, 2.24) is 0 Å². The molecule has 3 aromatic rings. The molecule has 0 spiro atoms. The Hall–Kier alpha value is -3.42. The van der Waals surface area contributed by atoms with Crippen LogP contribution in [0.15, 0.2) is 51.7 Å². The molecule has 0 radical (unpaired) electrons. The fourth-order valence-electron chi connectivity index (χ4n) is 2.55. The van der Waals surface area contributed by atoms with Gasteiger partial charge in [-0.2, -0.15) is 0 Å². The first-order chi connectivity index (χ1) is 13.0. The zero-order valence-corrected chi connectivity index (χ0v) is 14.4. The number of carbonyl (C=O) groups excluding carboxylic acids is 1. The Bertz CT molecular complexity index is 1050. The van der Waals surface area contributed by atoms with Crippen LogP contribution in [-0.4, -0.2) is 12.6 Å². The number of urea groups is 1. The minimum atomic E-state index is -0.931. The van der Waals surface area contributed by atoms with Crippen LogP contribution in [-0.2, 0) is 0 Å². The molecule has 0 fully saturated rings. The molecular formula is C19H17F2N3O3. The molecule has 1 heterocycles. The summed E-state index contributed by atoms with van der Waals surface area (Å²) in [6, 6.07) is 8.78. The molecule has 0 aliphatic carbocycles. The van der Waals surface area contributed by atoms with Crippen molar-refractivity contribution >= 4 is 34.1 Å². The summed E-state index contributed by atoms with van der Waals surface area (Å²) in [5.41, 5.74) is -0.276. The van der Waals surface area contributed by atoms with E-state index < -0.39 is 23.3 Å². The van der Waals surface area contributed by atoms with Crippen molar-refractivity contribution in [3.63, 3.8) is 0 Å². The van der Waals surface area contributed by atoms with Crippen LogP contribution in [0.25, 0.3) is 11.0 Å². The van der Waals surface area contributed by atoms with E-state index in [4.69, 9.17) is 4.42 Å². The second-order valence-corrected chi connectivity index (χ2v) is 5.77. The molecule has 1 aromatic heterocycles. The van der Waals surface area contributed by atoms with Crippen LogP contribution in [0.4, 0.5) is 30.6 Å². The molecule has 0 aliphatic rings. The number of benzene rings is 2. The Morgan fingerprint density at radius 3 is 2.59 bits per heavy atom. The molecule has 0 saturated heterocycles. The van der Waals surface area contributed by atoms with Crippen LogP contribution in [0.3, 0.4) is 0 Å². The van der Waals surface area contributed by atoms with Gasteiger partial charge in [0.2, 0.25) is 0 Å². The minimum Gasteiger partial charge on any atom is -0.421 e. The molecular weight excluding hydrogens is 356 g/mol. The quantitative estimate of drug-likeness (QED) is 0.574. The van der Waals surface area contributed by atoms with Crippen LogP contribution in [0.2, 0.25) is 0 Å². The van der Waals surface area contributed by atoms with Crippen LogP contribution in [0.1, 0.15) is 13.3 Å². The van der Waals surface area contributed by atoms with E-state index in [0.717, 1.165) is 18.6 Å². The highest BCUT2D eigenvalue weighted by molar-refractivity contribution is 6.05. The van der Waals surface area contributed by atoms with Gasteiger partial charge in [-0.05, 0) is 30.7 Å². The number of para-hydroxylation sites is 1. The molecule has 8 heteroatoms. The molecule has 3 N–H and O–H groups in total. The fraction of sp³-hybridized carbons (Fsp3) is 0.158. The average Bonchev–Trinajstić information content (AvgIpc) is 2.64. The van der Waals surface area contributed by atoms with E-state index in [1.165, 1.54) is 0 Å². The van der Waals surface area contributed by atoms with Gasteiger partial charge in [0.1, 0.15) is 17.2 Å². The SMILES string of the molecule is CCCNc1c(NC(=O)Nc2ccc(F)cc2F)c(=O)oc2ccccc12. The van der Waals surface area contributed by atoms with Crippen LogP contribution in [0, 0.1) is 11.6 Å².